The van der Waals surface area contributed by atoms with Gasteiger partial charge in [0.25, 0.3) is 0 Å². The lowest BCUT2D eigenvalue weighted by Gasteiger charge is -2.42. The molecule has 0 radical (unpaired) electrons. The first-order valence-corrected chi connectivity index (χ1v) is 12.2. The third-order valence-electron chi connectivity index (χ3n) is 5.91. The van der Waals surface area contributed by atoms with E-state index in [1.165, 1.54) is 5.56 Å². The van der Waals surface area contributed by atoms with Crippen LogP contribution < -0.4 is 10.5 Å². The summed E-state index contributed by atoms with van der Waals surface area (Å²) in [5, 5.41) is 0. The van der Waals surface area contributed by atoms with Gasteiger partial charge >= 0.3 is 0 Å². The number of hydrogen-bond acceptors (Lipinski definition) is 3. The molecule has 3 N–H and O–H groups in total. The van der Waals surface area contributed by atoms with Crippen molar-refractivity contribution >= 4 is 16.9 Å². The molecule has 5 nitrogen and oxygen atoms in total. The Hall–Kier alpha value is -1.24. The Kier molecular flexibility index (Phi) is 8.86. The number of amides is 1. The van der Waals surface area contributed by atoms with Gasteiger partial charge in [-0.2, -0.15) is 0 Å². The van der Waals surface area contributed by atoms with Gasteiger partial charge in [0, 0.05) is 18.1 Å². The summed E-state index contributed by atoms with van der Waals surface area (Å²) in [4.78, 5) is 14.3. The van der Waals surface area contributed by atoms with Crippen LogP contribution in [0, 0.1) is 5.92 Å². The van der Waals surface area contributed by atoms with E-state index in [1.807, 2.05) is 45.6 Å². The van der Waals surface area contributed by atoms with Gasteiger partial charge in [-0.1, -0.05) is 44.2 Å². The second-order valence-corrected chi connectivity index (χ2v) is 10.9. The number of nitrogens with two attached hydrogens (primary N) is 1. The third kappa shape index (κ3) is 6.12. The Morgan fingerprint density at radius 1 is 1.17 bits per heavy atom. The molecule has 0 aliphatic carbocycles. The molecule has 2 aliphatic heterocycles. The summed E-state index contributed by atoms with van der Waals surface area (Å²) in [6, 6.07) is 11.1. The molecule has 2 fully saturated rings. The van der Waals surface area contributed by atoms with Crippen molar-refractivity contribution in [1.29, 1.82) is 0 Å². The predicted molar refractivity (Wildman–Crippen MR) is 122 cm³/mol. The van der Waals surface area contributed by atoms with E-state index in [-0.39, 0.29) is 35.3 Å². The van der Waals surface area contributed by atoms with E-state index < -0.39 is 11.0 Å². The molecule has 2 saturated heterocycles. The Labute approximate surface area is 179 Å². The van der Waals surface area contributed by atoms with Crippen molar-refractivity contribution in [3.8, 4) is 0 Å². The van der Waals surface area contributed by atoms with Crippen LogP contribution in [0.3, 0.4) is 0 Å². The molecule has 2 aliphatic rings. The van der Waals surface area contributed by atoms with Crippen LogP contribution in [0.15, 0.2) is 30.3 Å². The lowest BCUT2D eigenvalue weighted by atomic mass is 9.82. The van der Waals surface area contributed by atoms with Gasteiger partial charge in [-0.05, 0) is 64.4 Å². The van der Waals surface area contributed by atoms with Crippen molar-refractivity contribution in [3.63, 3.8) is 0 Å². The zero-order valence-corrected chi connectivity index (χ0v) is 19.5. The van der Waals surface area contributed by atoms with E-state index in [0.29, 0.717) is 5.92 Å². The molecular weight excluding hydrogens is 382 g/mol. The Bertz CT molecular complexity index is 660. The highest BCUT2D eigenvalue weighted by atomic mass is 32.2. The van der Waals surface area contributed by atoms with Gasteiger partial charge in [-0.15, -0.1) is 0 Å². The van der Waals surface area contributed by atoms with Crippen LogP contribution in [0.25, 0.3) is 0 Å². The maximum Gasteiger partial charge on any atom is 0.236 e. The van der Waals surface area contributed by atoms with Crippen LogP contribution in [0.4, 0.5) is 0 Å². The van der Waals surface area contributed by atoms with E-state index in [2.05, 4.69) is 29.0 Å². The average Bonchev–Trinajstić information content (AvgIpc) is 2.97. The highest BCUT2D eigenvalue weighted by molar-refractivity contribution is 7.84. The molecule has 1 unspecified atom stereocenters. The van der Waals surface area contributed by atoms with Crippen molar-refractivity contribution in [1.82, 2.24) is 9.62 Å². The number of carbonyl (C=O) groups is 1. The van der Waals surface area contributed by atoms with E-state index in [4.69, 9.17) is 5.73 Å². The quantitative estimate of drug-likeness (QED) is 0.739. The van der Waals surface area contributed by atoms with Gasteiger partial charge < -0.3 is 10.6 Å². The molecule has 164 valence electrons. The summed E-state index contributed by atoms with van der Waals surface area (Å²) in [6.45, 7) is 10.1. The molecule has 0 saturated carbocycles. The van der Waals surface area contributed by atoms with Crippen LogP contribution in [0.2, 0.25) is 0 Å². The van der Waals surface area contributed by atoms with Crippen LogP contribution in [-0.2, 0) is 22.2 Å². The highest BCUT2D eigenvalue weighted by Gasteiger charge is 2.45. The minimum Gasteiger partial charge on any atom is -0.336 e. The summed E-state index contributed by atoms with van der Waals surface area (Å²) in [7, 11) is -1.11. The van der Waals surface area contributed by atoms with Crippen LogP contribution in [-0.4, -0.2) is 44.4 Å². The van der Waals surface area contributed by atoms with E-state index in [0.717, 1.165) is 32.1 Å². The molecule has 2 bridgehead atoms. The first kappa shape index (κ1) is 24.0. The van der Waals surface area contributed by atoms with Crippen LogP contribution in [0.1, 0.15) is 65.9 Å². The van der Waals surface area contributed by atoms with E-state index >= 15 is 0 Å². The van der Waals surface area contributed by atoms with Crippen molar-refractivity contribution in [3.05, 3.63) is 35.9 Å². The first-order chi connectivity index (χ1) is 13.8. The maximum absolute atomic E-state index is 12.8. The molecule has 5 atom stereocenters. The normalized spacial score (nSPS) is 25.7. The standard InChI is InChI=1S/C21H33N3O2S.C2H6/c1-21(2,3)27(26)23-19(11-15-7-5-4-6-8-15)16-12-17-9-10-18(13-16)24(17)20(25)14-22;1-2/h4-8,16-19,23H,9-14,22H2,1-3H3;1-2H3/t16?,17-,18+,19-,27-;/m0./s1. The molecule has 6 heteroatoms. The number of benzene rings is 1. The van der Waals surface area contributed by atoms with Gasteiger partial charge in [-0.25, -0.2) is 8.93 Å². The minimum atomic E-state index is -1.11. The summed E-state index contributed by atoms with van der Waals surface area (Å²) < 4.78 is 16.0. The zero-order valence-electron chi connectivity index (χ0n) is 18.7. The van der Waals surface area contributed by atoms with Crippen molar-refractivity contribution in [2.75, 3.05) is 6.54 Å². The van der Waals surface area contributed by atoms with Gasteiger partial charge in [0.1, 0.15) is 0 Å². The average molecular weight is 422 g/mol. The molecule has 3 rings (SSSR count). The third-order valence-corrected chi connectivity index (χ3v) is 7.54. The zero-order chi connectivity index (χ0) is 21.6. The van der Waals surface area contributed by atoms with Crippen LogP contribution in [0.5, 0.6) is 0 Å². The highest BCUT2D eigenvalue weighted by Crippen LogP contribution is 2.40. The maximum atomic E-state index is 12.8. The predicted octanol–water partition coefficient (Wildman–Crippen LogP) is 3.40. The van der Waals surface area contributed by atoms with E-state index in [1.54, 1.807) is 0 Å². The lowest BCUT2D eigenvalue weighted by molar-refractivity contribution is -0.135. The van der Waals surface area contributed by atoms with Crippen LogP contribution >= 0.6 is 0 Å². The number of hydrogen-bond donors (Lipinski definition) is 2. The molecule has 2 heterocycles. The number of nitrogens with one attached hydrogen (secondary N) is 1. The monoisotopic (exact) mass is 421 g/mol. The molecule has 0 spiro atoms. The molecule has 1 amide bonds. The SMILES string of the molecule is CC.CC(C)(C)[S@](=O)N[C@@H](Cc1ccccc1)C1C[C@H]2CC[C@@H](C1)N2C(=O)CN. The number of fused-ring (bicyclic) bond motifs is 2. The lowest BCUT2D eigenvalue weighted by Crippen LogP contribution is -2.53. The van der Waals surface area contributed by atoms with Crippen molar-refractivity contribution in [2.45, 2.75) is 89.6 Å². The number of nitrogens with zero attached hydrogens (tertiary/aromatic N) is 1. The fourth-order valence-corrected chi connectivity index (χ4v) is 5.45. The number of piperidine rings is 1. The second-order valence-electron chi connectivity index (χ2n) is 8.92. The summed E-state index contributed by atoms with van der Waals surface area (Å²) in [6.07, 6.45) is 4.92. The molecular formula is C23H39N3O2S. The molecule has 1 aromatic carbocycles. The van der Waals surface area contributed by atoms with Crippen molar-refractivity contribution < 1.29 is 9.00 Å². The fraction of sp³-hybridized carbons (Fsp3) is 0.696. The van der Waals surface area contributed by atoms with E-state index in [9.17, 15) is 9.00 Å². The topological polar surface area (TPSA) is 75.4 Å². The first-order valence-electron chi connectivity index (χ1n) is 11.0. The Balaban J connectivity index is 0.00000145. The smallest absolute Gasteiger partial charge is 0.236 e. The molecule has 29 heavy (non-hydrogen) atoms. The number of carbonyl (C=O) groups excluding carboxylic acids is 1. The fourth-order valence-electron chi connectivity index (χ4n) is 4.55. The summed E-state index contributed by atoms with van der Waals surface area (Å²) in [5.41, 5.74) is 6.88. The second kappa shape index (κ2) is 10.7. The largest absolute Gasteiger partial charge is 0.336 e. The Morgan fingerprint density at radius 3 is 2.21 bits per heavy atom. The van der Waals surface area contributed by atoms with Gasteiger partial charge in [0.2, 0.25) is 5.91 Å². The molecule has 0 aromatic heterocycles. The number of rotatable bonds is 6. The minimum absolute atomic E-state index is 0.0757. The molecule has 1 aromatic rings. The van der Waals surface area contributed by atoms with Gasteiger partial charge in [-0.3, -0.25) is 4.79 Å². The van der Waals surface area contributed by atoms with Gasteiger partial charge in [0.05, 0.1) is 22.3 Å². The summed E-state index contributed by atoms with van der Waals surface area (Å²) >= 11 is 0. The van der Waals surface area contributed by atoms with Gasteiger partial charge in [0.15, 0.2) is 0 Å². The van der Waals surface area contributed by atoms with Crippen molar-refractivity contribution in [2.24, 2.45) is 11.7 Å². The Morgan fingerprint density at radius 2 is 1.72 bits per heavy atom. The summed E-state index contributed by atoms with van der Waals surface area (Å²) in [5.74, 6) is 0.489.